The highest BCUT2D eigenvalue weighted by Crippen LogP contribution is 2.23. The van der Waals surface area contributed by atoms with Crippen LogP contribution in [0.5, 0.6) is 0 Å². The molecule has 4 nitrogen and oxygen atoms in total. The van der Waals surface area contributed by atoms with Crippen molar-refractivity contribution < 1.29 is 8.42 Å². The maximum Gasteiger partial charge on any atom is 0.242 e. The number of nitrogens with zero attached hydrogens (tertiary/aromatic N) is 1. The van der Waals surface area contributed by atoms with Gasteiger partial charge in [0.1, 0.15) is 4.90 Å². The van der Waals surface area contributed by atoms with E-state index in [1.165, 1.54) is 6.20 Å². The van der Waals surface area contributed by atoms with E-state index in [0.717, 1.165) is 25.7 Å². The zero-order valence-electron chi connectivity index (χ0n) is 9.34. The van der Waals surface area contributed by atoms with Gasteiger partial charge in [0.15, 0.2) is 0 Å². The average molecular weight is 275 g/mol. The molecule has 0 amide bonds. The molecule has 1 N–H and O–H groups in total. The molecule has 0 unspecified atom stereocenters. The molecule has 1 aromatic rings. The van der Waals surface area contributed by atoms with E-state index in [1.807, 2.05) is 0 Å². The molecule has 0 radical (unpaired) electrons. The smallest absolute Gasteiger partial charge is 0.242 e. The number of pyridine rings is 1. The van der Waals surface area contributed by atoms with Crippen LogP contribution in [0, 0.1) is 0 Å². The fourth-order valence-electron chi connectivity index (χ4n) is 1.96. The molecule has 1 fully saturated rings. The molecule has 0 aromatic carbocycles. The first-order chi connectivity index (χ1) is 8.08. The first-order valence-corrected chi connectivity index (χ1v) is 7.56. The number of hydrogen-bond acceptors (Lipinski definition) is 3. The van der Waals surface area contributed by atoms with Crippen molar-refractivity contribution in [3.05, 3.63) is 24.5 Å². The number of hydrogen-bond donors (Lipinski definition) is 1. The van der Waals surface area contributed by atoms with Crippen LogP contribution < -0.4 is 4.72 Å². The SMILES string of the molecule is O=S(=O)(NC1CCC(Cl)CC1)c1cccnc1. The van der Waals surface area contributed by atoms with Gasteiger partial charge in [0, 0.05) is 23.8 Å². The minimum absolute atomic E-state index is 0.00444. The molecule has 1 saturated carbocycles. The molecule has 0 atom stereocenters. The number of aromatic nitrogens is 1. The second-order valence-corrected chi connectivity index (χ2v) is 6.59. The Hall–Kier alpha value is -0.650. The maximum absolute atomic E-state index is 12.0. The van der Waals surface area contributed by atoms with Gasteiger partial charge in [0.25, 0.3) is 0 Å². The summed E-state index contributed by atoms with van der Waals surface area (Å²) in [6.45, 7) is 0. The summed E-state index contributed by atoms with van der Waals surface area (Å²) in [6.07, 6.45) is 6.23. The third-order valence-electron chi connectivity index (χ3n) is 2.92. The van der Waals surface area contributed by atoms with Gasteiger partial charge in [-0.3, -0.25) is 4.98 Å². The van der Waals surface area contributed by atoms with E-state index in [1.54, 1.807) is 18.3 Å². The van der Waals surface area contributed by atoms with Gasteiger partial charge in [-0.15, -0.1) is 11.6 Å². The largest absolute Gasteiger partial charge is 0.263 e. The summed E-state index contributed by atoms with van der Waals surface area (Å²) in [5.74, 6) is 0. The summed E-state index contributed by atoms with van der Waals surface area (Å²) in [6, 6.07) is 3.16. The lowest BCUT2D eigenvalue weighted by Crippen LogP contribution is -2.37. The molecular weight excluding hydrogens is 260 g/mol. The van der Waals surface area contributed by atoms with Crippen LogP contribution in [0.1, 0.15) is 25.7 Å². The van der Waals surface area contributed by atoms with Crippen molar-refractivity contribution in [3.8, 4) is 0 Å². The monoisotopic (exact) mass is 274 g/mol. The van der Waals surface area contributed by atoms with Gasteiger partial charge in [0.2, 0.25) is 10.0 Å². The molecule has 2 rings (SSSR count). The predicted molar refractivity (Wildman–Crippen MR) is 66.5 cm³/mol. The summed E-state index contributed by atoms with van der Waals surface area (Å²) in [5.41, 5.74) is 0. The van der Waals surface area contributed by atoms with Gasteiger partial charge in [-0.2, -0.15) is 0 Å². The van der Waals surface area contributed by atoms with Crippen molar-refractivity contribution >= 4 is 21.6 Å². The summed E-state index contributed by atoms with van der Waals surface area (Å²) < 4.78 is 26.7. The first-order valence-electron chi connectivity index (χ1n) is 5.64. The normalized spacial score (nSPS) is 25.7. The van der Waals surface area contributed by atoms with Crippen LogP contribution in [0.3, 0.4) is 0 Å². The molecule has 17 heavy (non-hydrogen) atoms. The number of rotatable bonds is 3. The van der Waals surface area contributed by atoms with Crippen molar-refractivity contribution in [2.24, 2.45) is 0 Å². The quantitative estimate of drug-likeness (QED) is 0.857. The first kappa shape index (κ1) is 12.8. The Morgan fingerprint density at radius 1 is 1.29 bits per heavy atom. The highest BCUT2D eigenvalue weighted by molar-refractivity contribution is 7.89. The molecule has 0 bridgehead atoms. The van der Waals surface area contributed by atoms with Crippen LogP contribution in [0.4, 0.5) is 0 Å². The second-order valence-electron chi connectivity index (χ2n) is 4.26. The van der Waals surface area contributed by atoms with Crippen LogP contribution in [-0.4, -0.2) is 24.8 Å². The van der Waals surface area contributed by atoms with Crippen LogP contribution >= 0.6 is 11.6 Å². The van der Waals surface area contributed by atoms with E-state index in [-0.39, 0.29) is 16.3 Å². The fourth-order valence-corrected chi connectivity index (χ4v) is 3.48. The van der Waals surface area contributed by atoms with E-state index < -0.39 is 10.0 Å². The Labute approximate surface area is 106 Å². The number of alkyl halides is 1. The van der Waals surface area contributed by atoms with Crippen molar-refractivity contribution in [1.29, 1.82) is 0 Å². The summed E-state index contributed by atoms with van der Waals surface area (Å²) >= 11 is 5.98. The molecule has 1 heterocycles. The van der Waals surface area contributed by atoms with Crippen molar-refractivity contribution in [3.63, 3.8) is 0 Å². The Morgan fingerprint density at radius 2 is 2.00 bits per heavy atom. The second kappa shape index (κ2) is 5.33. The third-order valence-corrected chi connectivity index (χ3v) is 4.87. The minimum atomic E-state index is -3.43. The van der Waals surface area contributed by atoms with Crippen LogP contribution in [0.2, 0.25) is 0 Å². The summed E-state index contributed by atoms with van der Waals surface area (Å²) in [7, 11) is -3.43. The van der Waals surface area contributed by atoms with Gasteiger partial charge in [-0.25, -0.2) is 13.1 Å². The lowest BCUT2D eigenvalue weighted by Gasteiger charge is -2.25. The molecule has 1 aliphatic carbocycles. The molecule has 0 aliphatic heterocycles. The van der Waals surface area contributed by atoms with Crippen LogP contribution in [0.25, 0.3) is 0 Å². The number of sulfonamides is 1. The summed E-state index contributed by atoms with van der Waals surface area (Å²) in [4.78, 5) is 4.03. The Morgan fingerprint density at radius 3 is 2.59 bits per heavy atom. The van der Waals surface area contributed by atoms with Gasteiger partial charge in [0.05, 0.1) is 0 Å². The van der Waals surface area contributed by atoms with E-state index in [2.05, 4.69) is 9.71 Å². The molecule has 1 aliphatic rings. The van der Waals surface area contributed by atoms with Gasteiger partial charge >= 0.3 is 0 Å². The Bertz CT molecular complexity index is 456. The standard InChI is InChI=1S/C11H15ClN2O2S/c12-9-3-5-10(6-4-9)14-17(15,16)11-2-1-7-13-8-11/h1-2,7-10,14H,3-6H2. The predicted octanol–water partition coefficient (Wildman–Crippen LogP) is 1.91. The average Bonchev–Trinajstić information content (AvgIpc) is 2.33. The van der Waals surface area contributed by atoms with E-state index in [0.29, 0.717) is 0 Å². The highest BCUT2D eigenvalue weighted by atomic mass is 35.5. The van der Waals surface area contributed by atoms with Crippen molar-refractivity contribution in [2.75, 3.05) is 0 Å². The maximum atomic E-state index is 12.0. The van der Waals surface area contributed by atoms with E-state index >= 15 is 0 Å². The minimum Gasteiger partial charge on any atom is -0.263 e. The van der Waals surface area contributed by atoms with Gasteiger partial charge in [-0.1, -0.05) is 0 Å². The molecule has 6 heteroatoms. The Kier molecular flexibility index (Phi) is 4.01. The number of nitrogens with one attached hydrogen (secondary N) is 1. The zero-order chi connectivity index (χ0) is 12.3. The van der Waals surface area contributed by atoms with Gasteiger partial charge in [-0.05, 0) is 37.8 Å². The highest BCUT2D eigenvalue weighted by Gasteiger charge is 2.24. The molecule has 0 saturated heterocycles. The van der Waals surface area contributed by atoms with Crippen molar-refractivity contribution in [2.45, 2.75) is 42.0 Å². The lowest BCUT2D eigenvalue weighted by molar-refractivity contribution is 0.416. The lowest BCUT2D eigenvalue weighted by atomic mass is 9.96. The van der Waals surface area contributed by atoms with Crippen molar-refractivity contribution in [1.82, 2.24) is 9.71 Å². The fraction of sp³-hybridized carbons (Fsp3) is 0.545. The van der Waals surface area contributed by atoms with Gasteiger partial charge < -0.3 is 0 Å². The molecule has 1 aromatic heterocycles. The van der Waals surface area contributed by atoms with E-state index in [4.69, 9.17) is 11.6 Å². The molecule has 94 valence electrons. The molecule has 0 spiro atoms. The van der Waals surface area contributed by atoms with Crippen LogP contribution in [-0.2, 0) is 10.0 Å². The topological polar surface area (TPSA) is 59.1 Å². The van der Waals surface area contributed by atoms with Crippen LogP contribution in [0.15, 0.2) is 29.4 Å². The third kappa shape index (κ3) is 3.40. The zero-order valence-corrected chi connectivity index (χ0v) is 10.9. The van der Waals surface area contributed by atoms with E-state index in [9.17, 15) is 8.42 Å². The molecular formula is C11H15ClN2O2S. The summed E-state index contributed by atoms with van der Waals surface area (Å²) in [5, 5.41) is 0.189. The number of halogens is 1. The Balaban J connectivity index is 2.03.